The summed E-state index contributed by atoms with van der Waals surface area (Å²) in [5, 5.41) is 8.46. The van der Waals surface area contributed by atoms with Gasteiger partial charge in [0.1, 0.15) is 4.88 Å². The van der Waals surface area contributed by atoms with Crippen molar-refractivity contribution in [3.8, 4) is 27.8 Å². The van der Waals surface area contributed by atoms with Crippen molar-refractivity contribution in [2.24, 2.45) is 0 Å². The van der Waals surface area contributed by atoms with Gasteiger partial charge in [-0.15, -0.1) is 11.3 Å². The first-order valence-electron chi connectivity index (χ1n) is 10.4. The Hall–Kier alpha value is -4.17. The zero-order chi connectivity index (χ0) is 22.6. The fourth-order valence-corrected chi connectivity index (χ4v) is 4.39. The van der Waals surface area contributed by atoms with Crippen LogP contribution in [0, 0.1) is 6.92 Å². The monoisotopic (exact) mass is 452 g/mol. The standard InChI is InChI=1S/C25H20N6OS/c1-17-22(33-25(29-17)23-26-13-8-14-27-23)24(32)28-15-19-16-31(20-11-6-3-7-12-20)30-21(19)18-9-4-2-5-10-18/h2-14,16H,15H2,1H3,(H,28,32). The Morgan fingerprint density at radius 2 is 1.67 bits per heavy atom. The van der Waals surface area contributed by atoms with Crippen LogP contribution in [0.2, 0.25) is 0 Å². The molecule has 5 aromatic rings. The van der Waals surface area contributed by atoms with Gasteiger partial charge < -0.3 is 5.32 Å². The van der Waals surface area contributed by atoms with Gasteiger partial charge in [0.15, 0.2) is 10.8 Å². The fourth-order valence-electron chi connectivity index (χ4n) is 3.46. The van der Waals surface area contributed by atoms with E-state index >= 15 is 0 Å². The summed E-state index contributed by atoms with van der Waals surface area (Å²) in [5.74, 6) is 0.332. The van der Waals surface area contributed by atoms with Gasteiger partial charge in [-0.25, -0.2) is 19.6 Å². The Balaban J connectivity index is 1.41. The van der Waals surface area contributed by atoms with E-state index in [2.05, 4.69) is 20.3 Å². The van der Waals surface area contributed by atoms with Crippen LogP contribution in [0.1, 0.15) is 20.9 Å². The minimum absolute atomic E-state index is 0.182. The van der Waals surface area contributed by atoms with Crippen molar-refractivity contribution < 1.29 is 4.79 Å². The number of nitrogens with one attached hydrogen (secondary N) is 1. The van der Waals surface area contributed by atoms with Crippen molar-refractivity contribution in [1.29, 1.82) is 0 Å². The molecule has 0 aliphatic heterocycles. The second-order valence-corrected chi connectivity index (χ2v) is 8.34. The molecule has 0 saturated carbocycles. The van der Waals surface area contributed by atoms with Gasteiger partial charge >= 0.3 is 0 Å². The molecule has 7 nitrogen and oxygen atoms in total. The molecule has 3 heterocycles. The summed E-state index contributed by atoms with van der Waals surface area (Å²) in [4.78, 5) is 26.5. The van der Waals surface area contributed by atoms with E-state index < -0.39 is 0 Å². The predicted molar refractivity (Wildman–Crippen MR) is 128 cm³/mol. The van der Waals surface area contributed by atoms with Gasteiger partial charge in [-0.3, -0.25) is 4.79 Å². The maximum Gasteiger partial charge on any atom is 0.263 e. The predicted octanol–water partition coefficient (Wildman–Crippen LogP) is 4.69. The second-order valence-electron chi connectivity index (χ2n) is 7.34. The molecule has 0 aliphatic rings. The van der Waals surface area contributed by atoms with Gasteiger partial charge in [0.05, 0.1) is 17.1 Å². The Bertz CT molecular complexity index is 1380. The van der Waals surface area contributed by atoms with E-state index in [0.29, 0.717) is 27.9 Å². The van der Waals surface area contributed by atoms with Crippen LogP contribution in [0.3, 0.4) is 0 Å². The van der Waals surface area contributed by atoms with E-state index in [1.165, 1.54) is 11.3 Å². The first-order valence-corrected chi connectivity index (χ1v) is 11.2. The number of para-hydroxylation sites is 1. The minimum atomic E-state index is -0.182. The van der Waals surface area contributed by atoms with E-state index in [4.69, 9.17) is 5.10 Å². The highest BCUT2D eigenvalue weighted by molar-refractivity contribution is 7.17. The van der Waals surface area contributed by atoms with Crippen LogP contribution in [0.25, 0.3) is 27.8 Å². The third-order valence-corrected chi connectivity index (χ3v) is 6.21. The van der Waals surface area contributed by atoms with E-state index in [1.54, 1.807) is 18.5 Å². The molecule has 0 fully saturated rings. The lowest BCUT2D eigenvalue weighted by molar-refractivity contribution is 0.0954. The van der Waals surface area contributed by atoms with E-state index in [-0.39, 0.29) is 5.91 Å². The van der Waals surface area contributed by atoms with Crippen molar-refractivity contribution >= 4 is 17.2 Å². The van der Waals surface area contributed by atoms with Crippen LogP contribution in [-0.2, 0) is 6.54 Å². The summed E-state index contributed by atoms with van der Waals surface area (Å²) in [5.41, 5.74) is 4.36. The van der Waals surface area contributed by atoms with Crippen LogP contribution < -0.4 is 5.32 Å². The summed E-state index contributed by atoms with van der Waals surface area (Å²) >= 11 is 1.29. The Kier molecular flexibility index (Phi) is 5.73. The number of benzene rings is 2. The maximum atomic E-state index is 13.0. The number of hydrogen-bond donors (Lipinski definition) is 1. The van der Waals surface area contributed by atoms with Crippen molar-refractivity contribution in [2.75, 3.05) is 0 Å². The molecule has 0 spiro atoms. The molecule has 1 amide bonds. The molecule has 0 aliphatic carbocycles. The van der Waals surface area contributed by atoms with E-state index in [9.17, 15) is 4.79 Å². The third kappa shape index (κ3) is 4.42. The highest BCUT2D eigenvalue weighted by Crippen LogP contribution is 2.26. The summed E-state index contributed by atoms with van der Waals surface area (Å²) in [6.45, 7) is 2.16. The summed E-state index contributed by atoms with van der Waals surface area (Å²) < 4.78 is 1.84. The van der Waals surface area contributed by atoms with E-state index in [0.717, 1.165) is 22.5 Å². The molecule has 33 heavy (non-hydrogen) atoms. The summed E-state index contributed by atoms with van der Waals surface area (Å²) in [7, 11) is 0. The number of hydrogen-bond acceptors (Lipinski definition) is 6. The molecule has 3 aromatic heterocycles. The molecular formula is C25H20N6OS. The second kappa shape index (κ2) is 9.13. The van der Waals surface area contributed by atoms with Gasteiger partial charge in [0, 0.05) is 36.3 Å². The maximum absolute atomic E-state index is 13.0. The lowest BCUT2D eigenvalue weighted by atomic mass is 10.1. The molecule has 1 N–H and O–H groups in total. The van der Waals surface area contributed by atoms with Gasteiger partial charge in [-0.05, 0) is 25.1 Å². The van der Waals surface area contributed by atoms with Crippen LogP contribution >= 0.6 is 11.3 Å². The number of rotatable bonds is 6. The number of carbonyl (C=O) groups is 1. The Labute approximate surface area is 194 Å². The largest absolute Gasteiger partial charge is 0.347 e. The van der Waals surface area contributed by atoms with Crippen LogP contribution in [0.15, 0.2) is 85.3 Å². The Morgan fingerprint density at radius 1 is 0.970 bits per heavy atom. The average molecular weight is 453 g/mol. The van der Waals surface area contributed by atoms with Crippen LogP contribution in [0.5, 0.6) is 0 Å². The van der Waals surface area contributed by atoms with Crippen molar-refractivity contribution in [1.82, 2.24) is 30.0 Å². The molecule has 2 aromatic carbocycles. The molecule has 0 saturated heterocycles. The molecule has 162 valence electrons. The molecule has 0 unspecified atom stereocenters. The van der Waals surface area contributed by atoms with Crippen molar-refractivity contribution in [2.45, 2.75) is 13.5 Å². The molecule has 5 rings (SSSR count). The minimum Gasteiger partial charge on any atom is -0.347 e. The molecule has 8 heteroatoms. The lowest BCUT2D eigenvalue weighted by Gasteiger charge is -2.05. The first-order chi connectivity index (χ1) is 16.2. The number of thiazole rings is 1. The van der Waals surface area contributed by atoms with Gasteiger partial charge in [-0.2, -0.15) is 5.10 Å². The molecule has 0 atom stereocenters. The number of carbonyl (C=O) groups excluding carboxylic acids is 1. The number of amides is 1. The molecule has 0 bridgehead atoms. The van der Waals surface area contributed by atoms with Crippen LogP contribution in [0.4, 0.5) is 0 Å². The zero-order valence-electron chi connectivity index (χ0n) is 17.8. The summed E-state index contributed by atoms with van der Waals surface area (Å²) in [6, 6.07) is 21.6. The van der Waals surface area contributed by atoms with E-state index in [1.807, 2.05) is 78.5 Å². The fraction of sp³-hybridized carbons (Fsp3) is 0.0800. The lowest BCUT2D eigenvalue weighted by Crippen LogP contribution is -2.22. The zero-order valence-corrected chi connectivity index (χ0v) is 18.7. The highest BCUT2D eigenvalue weighted by Gasteiger charge is 2.19. The van der Waals surface area contributed by atoms with Gasteiger partial charge in [0.2, 0.25) is 0 Å². The van der Waals surface area contributed by atoms with Gasteiger partial charge in [0.25, 0.3) is 5.91 Å². The molecular weight excluding hydrogens is 432 g/mol. The highest BCUT2D eigenvalue weighted by atomic mass is 32.1. The topological polar surface area (TPSA) is 85.6 Å². The smallest absolute Gasteiger partial charge is 0.263 e. The van der Waals surface area contributed by atoms with Gasteiger partial charge in [-0.1, -0.05) is 48.5 Å². The normalized spacial score (nSPS) is 10.8. The quantitative estimate of drug-likeness (QED) is 0.404. The number of aromatic nitrogens is 5. The number of aryl methyl sites for hydroxylation is 1. The third-order valence-electron chi connectivity index (χ3n) is 5.06. The Morgan fingerprint density at radius 3 is 2.39 bits per heavy atom. The molecule has 0 radical (unpaired) electrons. The van der Waals surface area contributed by atoms with Crippen molar-refractivity contribution in [3.63, 3.8) is 0 Å². The first kappa shape index (κ1) is 20.7. The number of nitrogens with zero attached hydrogens (tertiary/aromatic N) is 5. The van der Waals surface area contributed by atoms with Crippen molar-refractivity contribution in [3.05, 3.63) is 101 Å². The van der Waals surface area contributed by atoms with Crippen LogP contribution in [-0.4, -0.2) is 30.6 Å². The SMILES string of the molecule is Cc1nc(-c2ncccn2)sc1C(=O)NCc1cn(-c2ccccc2)nc1-c1ccccc1. The average Bonchev–Trinajstić information content (AvgIpc) is 3.48. The summed E-state index contributed by atoms with van der Waals surface area (Å²) in [6.07, 6.45) is 5.28.